The maximum Gasteiger partial charge on any atom is 0.319 e. The summed E-state index contributed by atoms with van der Waals surface area (Å²) in [5.74, 6) is -0.632. The van der Waals surface area contributed by atoms with E-state index in [0.29, 0.717) is 65.8 Å². The third-order valence-electron chi connectivity index (χ3n) is 10.3. The van der Waals surface area contributed by atoms with Crippen LogP contribution in [-0.2, 0) is 11.2 Å². The number of piperidine rings is 1. The summed E-state index contributed by atoms with van der Waals surface area (Å²) in [4.78, 5) is 18.2. The first-order valence-electron chi connectivity index (χ1n) is 16.3. The molecule has 1 aliphatic carbocycles. The fourth-order valence-electron chi connectivity index (χ4n) is 7.75. The number of pyridine rings is 1. The lowest BCUT2D eigenvalue weighted by Gasteiger charge is -2.48. The Morgan fingerprint density at radius 1 is 1.07 bits per heavy atom. The van der Waals surface area contributed by atoms with E-state index in [0.717, 1.165) is 51.8 Å². The average molecular weight is 634 g/mol. The number of likely N-dealkylation sites (tertiary alicyclic amines) is 1. The van der Waals surface area contributed by atoms with Crippen molar-refractivity contribution in [1.82, 2.24) is 19.9 Å². The first kappa shape index (κ1) is 29.7. The molecule has 2 aromatic heterocycles. The van der Waals surface area contributed by atoms with Crippen molar-refractivity contribution in [3.63, 3.8) is 0 Å². The summed E-state index contributed by atoms with van der Waals surface area (Å²) in [7, 11) is 0. The van der Waals surface area contributed by atoms with E-state index in [-0.39, 0.29) is 34.0 Å². The van der Waals surface area contributed by atoms with Gasteiger partial charge in [-0.1, -0.05) is 13.0 Å². The Kier molecular flexibility index (Phi) is 6.88. The smallest absolute Gasteiger partial charge is 0.319 e. The molecule has 2 aromatic carbocycles. The Morgan fingerprint density at radius 3 is 2.57 bits per heavy atom. The number of phenols is 1. The topological polar surface area (TPSA) is 83.8 Å². The summed E-state index contributed by atoms with van der Waals surface area (Å²) >= 11 is 0. The number of benzene rings is 2. The molecule has 11 heteroatoms. The van der Waals surface area contributed by atoms with Crippen molar-refractivity contribution in [3.8, 4) is 23.0 Å². The molecule has 1 atom stereocenters. The van der Waals surface area contributed by atoms with Crippen molar-refractivity contribution < 1.29 is 27.8 Å². The summed E-state index contributed by atoms with van der Waals surface area (Å²) < 4.78 is 58.2. The van der Waals surface area contributed by atoms with Gasteiger partial charge in [0.05, 0.1) is 24.2 Å². The van der Waals surface area contributed by atoms with Crippen LogP contribution < -0.4 is 9.64 Å². The van der Waals surface area contributed by atoms with Crippen molar-refractivity contribution in [3.05, 3.63) is 47.7 Å². The van der Waals surface area contributed by atoms with Gasteiger partial charge in [-0.25, -0.2) is 13.2 Å². The van der Waals surface area contributed by atoms with Crippen LogP contribution in [0.2, 0.25) is 0 Å². The maximum atomic E-state index is 16.8. The van der Waals surface area contributed by atoms with Crippen molar-refractivity contribution in [1.29, 1.82) is 0 Å². The van der Waals surface area contributed by atoms with Crippen molar-refractivity contribution in [2.45, 2.75) is 63.6 Å². The number of aromatic nitrogens is 3. The van der Waals surface area contributed by atoms with Crippen LogP contribution in [0.1, 0.15) is 51.5 Å². The van der Waals surface area contributed by atoms with E-state index in [2.05, 4.69) is 19.8 Å². The Morgan fingerprint density at radius 2 is 1.87 bits per heavy atom. The van der Waals surface area contributed by atoms with Gasteiger partial charge < -0.3 is 19.5 Å². The van der Waals surface area contributed by atoms with E-state index < -0.39 is 17.3 Å². The number of aryl methyl sites for hydroxylation is 1. The van der Waals surface area contributed by atoms with Gasteiger partial charge in [0.1, 0.15) is 34.3 Å². The lowest BCUT2D eigenvalue weighted by Crippen LogP contribution is -2.58. The number of anilines is 1. The fraction of sp³-hybridized carbons (Fsp3) is 0.514. The van der Waals surface area contributed by atoms with Crippen molar-refractivity contribution in [2.24, 2.45) is 5.41 Å². The Labute approximate surface area is 265 Å². The standard InChI is InChI=1S/C35H38F3N5O3/c1-3-23-26(36)6-5-21-13-22(44)14-24(27(21)23)29-28(37)30-25(15-39-29)31(43-11-4-7-35(19-43)10-12-46-35)41-32(40-30)45-20-34(8-9-34)18-42-16-33(2,38)17-42/h5-6,13-15,44H,3-4,7-12,16-20H2,1-2H3/t35-/m0/s1. The molecule has 1 saturated carbocycles. The van der Waals surface area contributed by atoms with Crippen molar-refractivity contribution in [2.75, 3.05) is 50.8 Å². The molecule has 0 amide bonds. The second-order valence-electron chi connectivity index (χ2n) is 14.1. The van der Waals surface area contributed by atoms with Crippen LogP contribution >= 0.6 is 0 Å². The summed E-state index contributed by atoms with van der Waals surface area (Å²) in [6, 6.07) is 5.97. The average Bonchev–Trinajstić information content (AvgIpc) is 3.77. The molecular weight excluding hydrogens is 595 g/mol. The summed E-state index contributed by atoms with van der Waals surface area (Å²) in [5, 5.41) is 12.1. The van der Waals surface area contributed by atoms with Gasteiger partial charge in [-0.2, -0.15) is 9.97 Å². The van der Waals surface area contributed by atoms with Gasteiger partial charge >= 0.3 is 6.01 Å². The summed E-state index contributed by atoms with van der Waals surface area (Å²) in [6.45, 7) is 7.45. The molecule has 0 unspecified atom stereocenters. The number of aromatic hydroxyl groups is 1. The molecule has 46 heavy (non-hydrogen) atoms. The van der Waals surface area contributed by atoms with Crippen LogP contribution in [0.3, 0.4) is 0 Å². The Balaban J connectivity index is 1.21. The lowest BCUT2D eigenvalue weighted by molar-refractivity contribution is -0.151. The molecule has 1 spiro atoms. The van der Waals surface area contributed by atoms with E-state index >= 15 is 4.39 Å². The molecule has 8 nitrogen and oxygen atoms in total. The molecule has 5 heterocycles. The van der Waals surface area contributed by atoms with E-state index in [9.17, 15) is 13.9 Å². The number of phenolic OH excluding ortho intramolecular Hbond substituents is 1. The molecule has 0 radical (unpaired) electrons. The van der Waals surface area contributed by atoms with Gasteiger partial charge in [0.2, 0.25) is 0 Å². The third-order valence-corrected chi connectivity index (χ3v) is 10.3. The van der Waals surface area contributed by atoms with Gasteiger partial charge in [0, 0.05) is 56.3 Å². The Bertz CT molecular complexity index is 1850. The van der Waals surface area contributed by atoms with E-state index in [4.69, 9.17) is 14.5 Å². The summed E-state index contributed by atoms with van der Waals surface area (Å²) in [5.41, 5.74) is -0.753. The van der Waals surface area contributed by atoms with Crippen LogP contribution in [0.15, 0.2) is 30.5 Å². The number of fused-ring (bicyclic) bond motifs is 2. The molecular formula is C35H38F3N5O3. The SMILES string of the molecule is CCc1c(F)ccc2cc(O)cc(-c3ncc4c(N5CCC[C@]6(CCO6)C5)nc(OCC5(CN6CC(C)(F)C6)CC5)nc4c3F)c12. The number of nitrogens with zero attached hydrogens (tertiary/aromatic N) is 5. The number of hydrogen-bond acceptors (Lipinski definition) is 8. The minimum atomic E-state index is -1.14. The predicted octanol–water partition coefficient (Wildman–Crippen LogP) is 6.35. The molecule has 0 bridgehead atoms. The van der Waals surface area contributed by atoms with Gasteiger partial charge in [-0.3, -0.25) is 9.88 Å². The minimum Gasteiger partial charge on any atom is -0.508 e. The largest absolute Gasteiger partial charge is 0.508 e. The molecule has 3 aliphatic heterocycles. The van der Waals surface area contributed by atoms with Gasteiger partial charge in [0.15, 0.2) is 5.82 Å². The summed E-state index contributed by atoms with van der Waals surface area (Å²) in [6.07, 6.45) is 6.70. The quantitative estimate of drug-likeness (QED) is 0.240. The van der Waals surface area contributed by atoms with Gasteiger partial charge in [-0.05, 0) is 73.6 Å². The van der Waals surface area contributed by atoms with E-state index in [1.54, 1.807) is 25.3 Å². The first-order valence-corrected chi connectivity index (χ1v) is 16.3. The highest BCUT2D eigenvalue weighted by atomic mass is 19.1. The first-order chi connectivity index (χ1) is 22.1. The van der Waals surface area contributed by atoms with Crippen LogP contribution in [0.25, 0.3) is 32.9 Å². The van der Waals surface area contributed by atoms with Crippen LogP contribution in [0, 0.1) is 17.0 Å². The maximum absolute atomic E-state index is 16.8. The lowest BCUT2D eigenvalue weighted by atomic mass is 9.86. The zero-order valence-electron chi connectivity index (χ0n) is 26.2. The number of alkyl halides is 1. The van der Waals surface area contributed by atoms with Crippen molar-refractivity contribution >= 4 is 27.5 Å². The molecule has 1 N–H and O–H groups in total. The monoisotopic (exact) mass is 633 g/mol. The molecule has 4 fully saturated rings. The predicted molar refractivity (Wildman–Crippen MR) is 169 cm³/mol. The highest BCUT2D eigenvalue weighted by Crippen LogP contribution is 2.48. The van der Waals surface area contributed by atoms with E-state index in [1.165, 1.54) is 12.1 Å². The van der Waals surface area contributed by atoms with Gasteiger partial charge in [0.25, 0.3) is 0 Å². The second-order valence-corrected chi connectivity index (χ2v) is 14.1. The van der Waals surface area contributed by atoms with Crippen LogP contribution in [0.4, 0.5) is 19.0 Å². The number of hydrogen-bond donors (Lipinski definition) is 1. The highest BCUT2D eigenvalue weighted by Gasteiger charge is 2.50. The molecule has 4 aromatic rings. The third kappa shape index (κ3) is 5.12. The molecule has 4 aliphatic rings. The molecule has 242 valence electrons. The minimum absolute atomic E-state index is 0.0348. The van der Waals surface area contributed by atoms with Crippen LogP contribution in [0.5, 0.6) is 11.8 Å². The number of ether oxygens (including phenoxy) is 2. The number of rotatable bonds is 8. The highest BCUT2D eigenvalue weighted by molar-refractivity contribution is 6.01. The zero-order chi connectivity index (χ0) is 31.8. The molecule has 8 rings (SSSR count). The molecule has 3 saturated heterocycles. The second kappa shape index (κ2) is 10.7. The Hall–Kier alpha value is -3.70. The zero-order valence-corrected chi connectivity index (χ0v) is 26.2. The fourth-order valence-corrected chi connectivity index (χ4v) is 7.75. The van der Waals surface area contributed by atoms with E-state index in [1.807, 2.05) is 6.92 Å². The normalized spacial score (nSPS) is 23.5. The number of halogens is 3. The van der Waals surface area contributed by atoms with Crippen LogP contribution in [-0.4, -0.2) is 82.2 Å². The van der Waals surface area contributed by atoms with Gasteiger partial charge in [-0.15, -0.1) is 0 Å².